The van der Waals surface area contributed by atoms with E-state index in [9.17, 15) is 5.11 Å². The smallest absolute Gasteiger partial charge is 0.191 e. The molecule has 4 nitrogen and oxygen atoms in total. The van der Waals surface area contributed by atoms with Gasteiger partial charge in [-0.25, -0.2) is 0 Å². The zero-order valence-corrected chi connectivity index (χ0v) is 13.6. The van der Waals surface area contributed by atoms with Crippen LogP contribution in [-0.4, -0.2) is 41.3 Å². The number of thioether (sulfide) groups is 1. The average Bonchev–Trinajstić information content (AvgIpc) is 2.93. The lowest BCUT2D eigenvalue weighted by Gasteiger charge is -2.22. The van der Waals surface area contributed by atoms with Gasteiger partial charge in [-0.15, -0.1) is 0 Å². The van der Waals surface area contributed by atoms with Crippen molar-refractivity contribution in [1.29, 1.82) is 0 Å². The zero-order chi connectivity index (χ0) is 15.1. The Kier molecular flexibility index (Phi) is 5.94. The molecule has 1 aliphatic heterocycles. The molecule has 1 fully saturated rings. The van der Waals surface area contributed by atoms with Gasteiger partial charge in [-0.1, -0.05) is 30.3 Å². The van der Waals surface area contributed by atoms with Crippen LogP contribution < -0.4 is 10.6 Å². The minimum Gasteiger partial charge on any atom is -0.387 e. The highest BCUT2D eigenvalue weighted by Crippen LogP contribution is 2.27. The number of hydrogen-bond acceptors (Lipinski definition) is 3. The predicted octanol–water partition coefficient (Wildman–Crippen LogP) is 2.17. The molecule has 0 bridgehead atoms. The van der Waals surface area contributed by atoms with E-state index in [1.54, 1.807) is 11.8 Å². The molecule has 0 amide bonds. The van der Waals surface area contributed by atoms with Gasteiger partial charge in [0.25, 0.3) is 0 Å². The molecule has 2 unspecified atom stereocenters. The van der Waals surface area contributed by atoms with E-state index in [1.807, 2.05) is 25.1 Å². The summed E-state index contributed by atoms with van der Waals surface area (Å²) in [6.45, 7) is 5.42. The van der Waals surface area contributed by atoms with E-state index < -0.39 is 5.60 Å². The number of nitrogens with one attached hydrogen (secondary N) is 2. The highest BCUT2D eigenvalue weighted by molar-refractivity contribution is 7.99. The first-order valence-corrected chi connectivity index (χ1v) is 8.68. The number of aliphatic hydroxyl groups is 1. The maximum absolute atomic E-state index is 10.4. The molecule has 0 spiro atoms. The fourth-order valence-corrected chi connectivity index (χ4v) is 3.58. The molecular formula is C16H25N3OS. The number of benzene rings is 1. The van der Waals surface area contributed by atoms with Crippen LogP contribution >= 0.6 is 11.8 Å². The van der Waals surface area contributed by atoms with Crippen molar-refractivity contribution in [2.24, 2.45) is 4.99 Å². The van der Waals surface area contributed by atoms with Crippen molar-refractivity contribution in [2.75, 3.05) is 24.6 Å². The summed E-state index contributed by atoms with van der Waals surface area (Å²) in [5.74, 6) is 2.57. The Hall–Kier alpha value is -1.20. The van der Waals surface area contributed by atoms with Crippen molar-refractivity contribution in [1.82, 2.24) is 10.6 Å². The Bertz CT molecular complexity index is 458. The van der Waals surface area contributed by atoms with Crippen LogP contribution in [0.15, 0.2) is 35.3 Å². The fraction of sp³-hybridized carbons (Fsp3) is 0.562. The van der Waals surface area contributed by atoms with Crippen molar-refractivity contribution in [2.45, 2.75) is 31.9 Å². The molecule has 0 radical (unpaired) electrons. The van der Waals surface area contributed by atoms with Crippen LogP contribution in [0.3, 0.4) is 0 Å². The third kappa shape index (κ3) is 4.93. The Morgan fingerprint density at radius 1 is 1.43 bits per heavy atom. The monoisotopic (exact) mass is 307 g/mol. The predicted molar refractivity (Wildman–Crippen MR) is 90.9 cm³/mol. The highest BCUT2D eigenvalue weighted by atomic mass is 32.2. The molecule has 1 aromatic rings. The number of guanidine groups is 1. The van der Waals surface area contributed by atoms with Gasteiger partial charge in [0.15, 0.2) is 5.96 Å². The lowest BCUT2D eigenvalue weighted by Crippen LogP contribution is -2.41. The molecular weight excluding hydrogens is 282 g/mol. The second-order valence-corrected chi connectivity index (χ2v) is 6.60. The molecule has 1 aliphatic rings. The van der Waals surface area contributed by atoms with Crippen LogP contribution in [-0.2, 0) is 0 Å². The normalized spacial score (nSPS) is 23.9. The van der Waals surface area contributed by atoms with Gasteiger partial charge < -0.3 is 15.7 Å². The molecule has 2 atom stereocenters. The highest BCUT2D eigenvalue weighted by Gasteiger charge is 2.31. The molecule has 0 aliphatic carbocycles. The lowest BCUT2D eigenvalue weighted by atomic mass is 10.0. The summed E-state index contributed by atoms with van der Waals surface area (Å²) in [4.78, 5) is 4.56. The van der Waals surface area contributed by atoms with Crippen molar-refractivity contribution >= 4 is 17.7 Å². The summed E-state index contributed by atoms with van der Waals surface area (Å²) in [6, 6.07) is 10.5. The van der Waals surface area contributed by atoms with Gasteiger partial charge in [-0.3, -0.25) is 4.99 Å². The summed E-state index contributed by atoms with van der Waals surface area (Å²) in [5, 5.41) is 17.0. The second-order valence-electron chi connectivity index (χ2n) is 5.50. The molecule has 116 valence electrons. The molecule has 2 rings (SSSR count). The van der Waals surface area contributed by atoms with Gasteiger partial charge in [0.1, 0.15) is 0 Å². The Labute approximate surface area is 131 Å². The molecule has 1 saturated heterocycles. The molecule has 21 heavy (non-hydrogen) atoms. The Morgan fingerprint density at radius 3 is 2.81 bits per heavy atom. The lowest BCUT2D eigenvalue weighted by molar-refractivity contribution is 0.0778. The Balaban J connectivity index is 1.98. The number of rotatable bonds is 5. The summed E-state index contributed by atoms with van der Waals surface area (Å²) in [7, 11) is 0. The molecule has 1 aromatic carbocycles. The third-order valence-electron chi connectivity index (χ3n) is 3.61. The number of hydrogen-bond donors (Lipinski definition) is 3. The number of nitrogens with zero attached hydrogens (tertiary/aromatic N) is 1. The first-order chi connectivity index (χ1) is 10.1. The SMILES string of the molecule is CCNC(=NCC1(O)CCSC1)NC(C)c1ccccc1. The van der Waals surface area contributed by atoms with Gasteiger partial charge in [0.2, 0.25) is 0 Å². The van der Waals surface area contributed by atoms with Gasteiger partial charge in [0.05, 0.1) is 18.2 Å². The Morgan fingerprint density at radius 2 is 2.19 bits per heavy atom. The van der Waals surface area contributed by atoms with Crippen LogP contribution in [0.2, 0.25) is 0 Å². The van der Waals surface area contributed by atoms with Crippen LogP contribution in [0, 0.1) is 0 Å². The minimum atomic E-state index is -0.636. The van der Waals surface area contributed by atoms with E-state index in [0.29, 0.717) is 6.54 Å². The molecule has 0 aromatic heterocycles. The van der Waals surface area contributed by atoms with Gasteiger partial charge >= 0.3 is 0 Å². The standard InChI is InChI=1S/C16H25N3OS/c1-3-17-15(18-11-16(20)9-10-21-12-16)19-13(2)14-7-5-4-6-8-14/h4-8,13,20H,3,9-12H2,1-2H3,(H2,17,18,19). The molecule has 3 N–H and O–H groups in total. The van der Waals surface area contributed by atoms with Crippen molar-refractivity contribution in [3.63, 3.8) is 0 Å². The largest absolute Gasteiger partial charge is 0.387 e. The topological polar surface area (TPSA) is 56.7 Å². The average molecular weight is 307 g/mol. The molecule has 1 heterocycles. The summed E-state index contributed by atoms with van der Waals surface area (Å²) in [6.07, 6.45) is 0.828. The van der Waals surface area contributed by atoms with Crippen LogP contribution in [0.25, 0.3) is 0 Å². The summed E-state index contributed by atoms with van der Waals surface area (Å²) < 4.78 is 0. The molecule has 5 heteroatoms. The quantitative estimate of drug-likeness (QED) is 0.576. The van der Waals surface area contributed by atoms with E-state index in [4.69, 9.17) is 0 Å². The van der Waals surface area contributed by atoms with Crippen LogP contribution in [0.1, 0.15) is 31.9 Å². The van der Waals surface area contributed by atoms with Crippen molar-refractivity contribution in [3.8, 4) is 0 Å². The fourth-order valence-electron chi connectivity index (χ4n) is 2.30. The van der Waals surface area contributed by atoms with Gasteiger partial charge in [0, 0.05) is 12.3 Å². The van der Waals surface area contributed by atoms with E-state index >= 15 is 0 Å². The van der Waals surface area contributed by atoms with Gasteiger partial charge in [-0.2, -0.15) is 11.8 Å². The van der Waals surface area contributed by atoms with E-state index in [0.717, 1.165) is 30.4 Å². The maximum Gasteiger partial charge on any atom is 0.191 e. The van der Waals surface area contributed by atoms with Crippen LogP contribution in [0.5, 0.6) is 0 Å². The first-order valence-electron chi connectivity index (χ1n) is 7.53. The summed E-state index contributed by atoms with van der Waals surface area (Å²) >= 11 is 1.80. The third-order valence-corrected chi connectivity index (χ3v) is 4.85. The van der Waals surface area contributed by atoms with Gasteiger partial charge in [-0.05, 0) is 31.6 Å². The van der Waals surface area contributed by atoms with E-state index in [-0.39, 0.29) is 6.04 Å². The first kappa shape index (κ1) is 16.2. The van der Waals surface area contributed by atoms with Crippen molar-refractivity contribution < 1.29 is 5.11 Å². The minimum absolute atomic E-state index is 0.177. The van der Waals surface area contributed by atoms with Crippen molar-refractivity contribution in [3.05, 3.63) is 35.9 Å². The maximum atomic E-state index is 10.4. The zero-order valence-electron chi connectivity index (χ0n) is 12.8. The van der Waals surface area contributed by atoms with E-state index in [1.165, 1.54) is 5.56 Å². The van der Waals surface area contributed by atoms with Crippen LogP contribution in [0.4, 0.5) is 0 Å². The second kappa shape index (κ2) is 7.71. The van der Waals surface area contributed by atoms with E-state index in [2.05, 4.69) is 34.7 Å². The molecule has 0 saturated carbocycles. The number of aliphatic imine (C=N–C) groups is 1. The summed E-state index contributed by atoms with van der Waals surface area (Å²) in [5.41, 5.74) is 0.585.